The minimum Gasteiger partial charge on any atom is -0.463 e. The highest BCUT2D eigenvalue weighted by atomic mass is 16.5. The molecule has 5 saturated carbocycles. The van der Waals surface area contributed by atoms with Crippen LogP contribution in [0.3, 0.4) is 0 Å². The van der Waals surface area contributed by atoms with Crippen LogP contribution in [-0.4, -0.2) is 24.8 Å². The van der Waals surface area contributed by atoms with Crippen molar-refractivity contribution in [3.8, 4) is 0 Å². The van der Waals surface area contributed by atoms with Crippen molar-refractivity contribution in [2.75, 3.05) is 6.61 Å². The van der Waals surface area contributed by atoms with Gasteiger partial charge < -0.3 is 9.47 Å². The molecule has 10 atom stereocenters. The normalized spacial score (nSPS) is 55.7. The molecule has 0 spiro atoms. The smallest absolute Gasteiger partial charge is 0.302 e. The lowest BCUT2D eigenvalue weighted by molar-refractivity contribution is -0.251. The van der Waals surface area contributed by atoms with E-state index < -0.39 is 0 Å². The minimum atomic E-state index is -0.102. The van der Waals surface area contributed by atoms with Gasteiger partial charge in [0.05, 0.1) is 12.7 Å². The number of esters is 1. The van der Waals surface area contributed by atoms with Gasteiger partial charge >= 0.3 is 5.97 Å². The Kier molecular flexibility index (Phi) is 5.16. The third-order valence-electron chi connectivity index (χ3n) is 14.1. The summed E-state index contributed by atoms with van der Waals surface area (Å²) >= 11 is 0. The zero-order valence-electron chi connectivity index (χ0n) is 24.0. The highest BCUT2D eigenvalue weighted by molar-refractivity contribution is 5.66. The van der Waals surface area contributed by atoms with E-state index in [1.54, 1.807) is 6.92 Å². The Bertz CT molecular complexity index is 906. The summed E-state index contributed by atoms with van der Waals surface area (Å²) in [6, 6.07) is 0. The molecule has 6 rings (SSSR count). The fourth-order valence-corrected chi connectivity index (χ4v) is 12.5. The molecule has 2 bridgehead atoms. The summed E-state index contributed by atoms with van der Waals surface area (Å²) < 4.78 is 12.7. The average molecular weight is 485 g/mol. The first-order valence-corrected chi connectivity index (χ1v) is 15.0. The Morgan fingerprint density at radius 3 is 2.20 bits per heavy atom. The molecule has 0 unspecified atom stereocenters. The van der Waals surface area contributed by atoms with E-state index in [1.807, 2.05) is 0 Å². The molecule has 6 fully saturated rings. The lowest BCUT2D eigenvalue weighted by Crippen LogP contribution is -2.67. The van der Waals surface area contributed by atoms with E-state index in [0.29, 0.717) is 27.8 Å². The number of carbonyl (C=O) groups is 1. The zero-order valence-corrected chi connectivity index (χ0v) is 24.0. The first kappa shape index (κ1) is 24.7. The lowest BCUT2D eigenvalue weighted by Gasteiger charge is -2.73. The van der Waals surface area contributed by atoms with Crippen molar-refractivity contribution in [3.05, 3.63) is 0 Å². The van der Waals surface area contributed by atoms with Crippen LogP contribution >= 0.6 is 0 Å². The number of hydrogen-bond acceptors (Lipinski definition) is 3. The van der Waals surface area contributed by atoms with E-state index in [1.165, 1.54) is 51.4 Å². The topological polar surface area (TPSA) is 35.5 Å². The van der Waals surface area contributed by atoms with Crippen LogP contribution in [0, 0.1) is 56.2 Å². The first-order valence-electron chi connectivity index (χ1n) is 15.0. The number of rotatable bonds is 1. The standard InChI is InChI=1S/C32H52O3/c1-20(33)35-21-17-28(4,5)23-11-12-31(8)24(29(23,6)18-21)10-9-22-25-26-27(2,3)13-15-32(25,19-34-26)16-14-30(22,31)7/h21-26H,9-19H2,1-8H3/t21-,22-,23+,24-,25+,26-,29+,30-,31-,32-/m1/s1. The van der Waals surface area contributed by atoms with Crippen LogP contribution in [0.5, 0.6) is 0 Å². The summed E-state index contributed by atoms with van der Waals surface area (Å²) in [5.74, 6) is 2.89. The molecule has 0 aromatic carbocycles. The molecule has 0 aromatic heterocycles. The molecule has 5 aliphatic carbocycles. The molecule has 0 radical (unpaired) electrons. The second kappa shape index (κ2) is 7.29. The maximum Gasteiger partial charge on any atom is 0.302 e. The third kappa shape index (κ3) is 3.09. The largest absolute Gasteiger partial charge is 0.463 e. The van der Waals surface area contributed by atoms with Crippen molar-refractivity contribution in [3.63, 3.8) is 0 Å². The molecule has 0 N–H and O–H groups in total. The monoisotopic (exact) mass is 484 g/mol. The predicted octanol–water partition coefficient (Wildman–Crippen LogP) is 7.81. The van der Waals surface area contributed by atoms with Crippen molar-refractivity contribution < 1.29 is 14.3 Å². The van der Waals surface area contributed by atoms with Gasteiger partial charge in [-0.2, -0.15) is 0 Å². The maximum absolute atomic E-state index is 12.0. The van der Waals surface area contributed by atoms with E-state index in [9.17, 15) is 4.79 Å². The van der Waals surface area contributed by atoms with Crippen molar-refractivity contribution in [2.45, 2.75) is 132 Å². The van der Waals surface area contributed by atoms with E-state index in [2.05, 4.69) is 48.5 Å². The van der Waals surface area contributed by atoms with Crippen molar-refractivity contribution >= 4 is 5.97 Å². The number of ether oxygens (including phenoxy) is 2. The summed E-state index contributed by atoms with van der Waals surface area (Å²) in [7, 11) is 0. The van der Waals surface area contributed by atoms with Crippen LogP contribution in [0.25, 0.3) is 0 Å². The summed E-state index contributed by atoms with van der Waals surface area (Å²) in [6.07, 6.45) is 13.5. The average Bonchev–Trinajstić information content (AvgIpc) is 3.06. The van der Waals surface area contributed by atoms with Gasteiger partial charge in [-0.15, -0.1) is 0 Å². The molecular weight excluding hydrogens is 432 g/mol. The summed E-state index contributed by atoms with van der Waals surface area (Å²) in [4.78, 5) is 12.0. The Hall–Kier alpha value is -0.570. The molecule has 198 valence electrons. The van der Waals surface area contributed by atoms with Crippen molar-refractivity contribution in [2.24, 2.45) is 56.2 Å². The zero-order chi connectivity index (χ0) is 25.2. The highest BCUT2D eigenvalue weighted by Crippen LogP contribution is 2.78. The molecule has 35 heavy (non-hydrogen) atoms. The van der Waals surface area contributed by atoms with Gasteiger partial charge in [0.1, 0.15) is 6.10 Å². The fourth-order valence-electron chi connectivity index (χ4n) is 12.5. The Morgan fingerprint density at radius 2 is 1.49 bits per heavy atom. The molecule has 6 aliphatic rings. The number of hydrogen-bond donors (Lipinski definition) is 0. The second-order valence-electron chi connectivity index (χ2n) is 16.4. The van der Waals surface area contributed by atoms with Gasteiger partial charge in [-0.25, -0.2) is 0 Å². The summed E-state index contributed by atoms with van der Waals surface area (Å²) in [6.45, 7) is 20.6. The molecule has 3 nitrogen and oxygen atoms in total. The van der Waals surface area contributed by atoms with E-state index in [0.717, 1.165) is 43.1 Å². The molecule has 0 aromatic rings. The van der Waals surface area contributed by atoms with Crippen LogP contribution in [0.1, 0.15) is 120 Å². The Labute approximate surface area is 214 Å². The van der Waals surface area contributed by atoms with Crippen LogP contribution in [-0.2, 0) is 14.3 Å². The highest BCUT2D eigenvalue weighted by Gasteiger charge is 2.72. The van der Waals surface area contributed by atoms with Crippen LogP contribution in [0.2, 0.25) is 0 Å². The van der Waals surface area contributed by atoms with Crippen molar-refractivity contribution in [1.29, 1.82) is 0 Å². The molecule has 0 amide bonds. The molecule has 1 aliphatic heterocycles. The fraction of sp³-hybridized carbons (Fsp3) is 0.969. The Morgan fingerprint density at radius 1 is 0.771 bits per heavy atom. The first-order chi connectivity index (χ1) is 16.2. The van der Waals surface area contributed by atoms with Gasteiger partial charge in [0, 0.05) is 6.92 Å². The maximum atomic E-state index is 12.0. The van der Waals surface area contributed by atoms with Crippen LogP contribution in [0.4, 0.5) is 0 Å². The lowest BCUT2D eigenvalue weighted by atomic mass is 9.31. The van der Waals surface area contributed by atoms with Gasteiger partial charge in [-0.3, -0.25) is 4.79 Å². The minimum absolute atomic E-state index is 0.0784. The predicted molar refractivity (Wildman–Crippen MR) is 140 cm³/mol. The summed E-state index contributed by atoms with van der Waals surface area (Å²) in [5.41, 5.74) is 1.99. The van der Waals surface area contributed by atoms with Gasteiger partial charge in [0.2, 0.25) is 0 Å². The Balaban J connectivity index is 1.38. The van der Waals surface area contributed by atoms with Gasteiger partial charge in [0.15, 0.2) is 0 Å². The van der Waals surface area contributed by atoms with Crippen LogP contribution in [0.15, 0.2) is 0 Å². The second-order valence-corrected chi connectivity index (χ2v) is 16.4. The molecule has 1 saturated heterocycles. The van der Waals surface area contributed by atoms with E-state index in [4.69, 9.17) is 9.47 Å². The molecule has 3 heteroatoms. The van der Waals surface area contributed by atoms with E-state index in [-0.39, 0.29) is 22.9 Å². The van der Waals surface area contributed by atoms with Gasteiger partial charge in [-0.05, 0) is 120 Å². The quantitative estimate of drug-likeness (QED) is 0.356. The van der Waals surface area contributed by atoms with E-state index >= 15 is 0 Å². The number of carbonyl (C=O) groups excluding carboxylic acids is 1. The molecule has 1 heterocycles. The van der Waals surface area contributed by atoms with Crippen LogP contribution < -0.4 is 0 Å². The summed E-state index contributed by atoms with van der Waals surface area (Å²) in [5, 5.41) is 0. The number of fused-ring (bicyclic) bond motifs is 5. The third-order valence-corrected chi connectivity index (χ3v) is 14.1. The van der Waals surface area contributed by atoms with Gasteiger partial charge in [-0.1, -0.05) is 48.5 Å². The molecular formula is C32H52O3. The van der Waals surface area contributed by atoms with Crippen molar-refractivity contribution in [1.82, 2.24) is 0 Å². The SMILES string of the molecule is CC(=O)O[C@@H]1CC(C)(C)[C@@H]2CC[C@]3(C)[C@H](CC[C@@H]4[C@H]5[C@H]6OC[C@@]5(CCC6(C)C)CC[C@]43C)[C@@]2(C)C1. The van der Waals surface area contributed by atoms with Gasteiger partial charge in [0.25, 0.3) is 0 Å².